The van der Waals surface area contributed by atoms with Crippen LogP contribution in [0.15, 0.2) is 10.5 Å². The van der Waals surface area contributed by atoms with Crippen molar-refractivity contribution in [2.24, 2.45) is 0 Å². The Morgan fingerprint density at radius 3 is 2.36 bits per heavy atom. The Hall–Kier alpha value is -0.680. The standard InChI is InChI=1S/C7H3Cl2F3O2/c8-2-3-1-4(6(9)13)5(14-3)7(10,11)12/h1H,2H2. The molecule has 0 aromatic carbocycles. The maximum absolute atomic E-state index is 12.2. The van der Waals surface area contributed by atoms with Crippen LogP contribution in [-0.2, 0) is 12.1 Å². The molecule has 0 saturated carbocycles. The minimum absolute atomic E-state index is 0.150. The molecule has 1 aromatic heterocycles. The van der Waals surface area contributed by atoms with Crippen LogP contribution in [0.3, 0.4) is 0 Å². The summed E-state index contributed by atoms with van der Waals surface area (Å²) in [6.45, 7) is 0. The third kappa shape index (κ3) is 2.22. The topological polar surface area (TPSA) is 30.2 Å². The predicted octanol–water partition coefficient (Wildman–Crippen LogP) is 3.42. The zero-order valence-electron chi connectivity index (χ0n) is 6.49. The van der Waals surface area contributed by atoms with Gasteiger partial charge in [-0.05, 0) is 17.7 Å². The second-order valence-electron chi connectivity index (χ2n) is 2.36. The molecule has 0 atom stereocenters. The summed E-state index contributed by atoms with van der Waals surface area (Å²) >= 11 is 10.2. The molecular formula is C7H3Cl2F3O2. The lowest BCUT2D eigenvalue weighted by atomic mass is 10.2. The van der Waals surface area contributed by atoms with E-state index in [0.29, 0.717) is 0 Å². The normalized spacial score (nSPS) is 11.8. The van der Waals surface area contributed by atoms with Crippen LogP contribution in [0.2, 0.25) is 0 Å². The van der Waals surface area contributed by atoms with Crippen LogP contribution in [0.25, 0.3) is 0 Å². The molecule has 0 fully saturated rings. The van der Waals surface area contributed by atoms with Crippen molar-refractivity contribution in [1.29, 1.82) is 0 Å². The summed E-state index contributed by atoms with van der Waals surface area (Å²) in [5.41, 5.74) is -0.713. The number of carbonyl (C=O) groups is 1. The highest BCUT2D eigenvalue weighted by molar-refractivity contribution is 6.67. The minimum atomic E-state index is -4.75. The predicted molar refractivity (Wildman–Crippen MR) is 43.5 cm³/mol. The van der Waals surface area contributed by atoms with E-state index in [4.69, 9.17) is 23.2 Å². The summed E-state index contributed by atoms with van der Waals surface area (Å²) in [4.78, 5) is 10.6. The molecule has 0 aliphatic rings. The van der Waals surface area contributed by atoms with Gasteiger partial charge in [-0.1, -0.05) is 0 Å². The molecule has 1 heterocycles. The van der Waals surface area contributed by atoms with E-state index in [2.05, 4.69) is 4.42 Å². The smallest absolute Gasteiger partial charge is 0.450 e. The molecule has 14 heavy (non-hydrogen) atoms. The molecule has 2 nitrogen and oxygen atoms in total. The third-order valence-corrected chi connectivity index (χ3v) is 1.85. The zero-order chi connectivity index (χ0) is 10.9. The molecule has 0 bridgehead atoms. The van der Waals surface area contributed by atoms with Crippen LogP contribution in [0, 0.1) is 0 Å². The zero-order valence-corrected chi connectivity index (χ0v) is 8.00. The Kier molecular flexibility index (Phi) is 3.11. The van der Waals surface area contributed by atoms with Crippen LogP contribution >= 0.6 is 23.2 Å². The van der Waals surface area contributed by atoms with Gasteiger partial charge in [0.1, 0.15) is 5.76 Å². The van der Waals surface area contributed by atoms with Crippen LogP contribution < -0.4 is 0 Å². The van der Waals surface area contributed by atoms with Gasteiger partial charge in [-0.15, -0.1) is 11.6 Å². The largest absolute Gasteiger partial charge is 0.454 e. The van der Waals surface area contributed by atoms with Crippen molar-refractivity contribution in [3.05, 3.63) is 23.2 Å². The first-order chi connectivity index (χ1) is 6.36. The lowest BCUT2D eigenvalue weighted by molar-refractivity contribution is -0.153. The van der Waals surface area contributed by atoms with Gasteiger partial charge < -0.3 is 4.42 Å². The summed E-state index contributed by atoms with van der Waals surface area (Å²) in [7, 11) is 0. The number of hydrogen-bond donors (Lipinski definition) is 0. The van der Waals surface area contributed by atoms with Crippen molar-refractivity contribution in [2.75, 3.05) is 0 Å². The number of carbonyl (C=O) groups excluding carboxylic acids is 1. The van der Waals surface area contributed by atoms with Crippen molar-refractivity contribution < 1.29 is 22.4 Å². The van der Waals surface area contributed by atoms with E-state index >= 15 is 0 Å². The van der Waals surface area contributed by atoms with Crippen molar-refractivity contribution >= 4 is 28.4 Å². The van der Waals surface area contributed by atoms with Crippen LogP contribution in [0.1, 0.15) is 21.9 Å². The fraction of sp³-hybridized carbons (Fsp3) is 0.286. The average molecular weight is 247 g/mol. The van der Waals surface area contributed by atoms with Gasteiger partial charge >= 0.3 is 6.18 Å². The molecule has 0 aliphatic carbocycles. The van der Waals surface area contributed by atoms with Crippen molar-refractivity contribution in [1.82, 2.24) is 0 Å². The number of furan rings is 1. The van der Waals surface area contributed by atoms with E-state index in [-0.39, 0.29) is 11.6 Å². The first kappa shape index (κ1) is 11.4. The third-order valence-electron chi connectivity index (χ3n) is 1.38. The van der Waals surface area contributed by atoms with E-state index < -0.39 is 22.7 Å². The first-order valence-electron chi connectivity index (χ1n) is 3.32. The second-order valence-corrected chi connectivity index (χ2v) is 2.97. The van der Waals surface area contributed by atoms with Crippen molar-refractivity contribution in [3.8, 4) is 0 Å². The highest BCUT2D eigenvalue weighted by Crippen LogP contribution is 2.35. The Labute approximate surface area is 86.6 Å². The van der Waals surface area contributed by atoms with E-state index in [9.17, 15) is 18.0 Å². The molecule has 1 rings (SSSR count). The van der Waals surface area contributed by atoms with E-state index in [1.807, 2.05) is 0 Å². The first-order valence-corrected chi connectivity index (χ1v) is 4.23. The maximum atomic E-state index is 12.2. The van der Waals surface area contributed by atoms with Crippen molar-refractivity contribution in [2.45, 2.75) is 12.1 Å². The molecule has 0 unspecified atom stereocenters. The van der Waals surface area contributed by atoms with Crippen LogP contribution in [0.4, 0.5) is 13.2 Å². The van der Waals surface area contributed by atoms with E-state index in [1.54, 1.807) is 0 Å². The Morgan fingerprint density at radius 2 is 2.07 bits per heavy atom. The second kappa shape index (κ2) is 3.82. The number of alkyl halides is 4. The summed E-state index contributed by atoms with van der Waals surface area (Å²) in [6, 6.07) is 0.880. The molecule has 78 valence electrons. The molecule has 0 aliphatic heterocycles. The molecule has 0 spiro atoms. The van der Waals surface area contributed by atoms with Gasteiger partial charge in [-0.25, -0.2) is 0 Å². The van der Waals surface area contributed by atoms with Crippen LogP contribution in [0.5, 0.6) is 0 Å². The Morgan fingerprint density at radius 1 is 1.50 bits per heavy atom. The molecule has 0 saturated heterocycles. The lowest BCUT2D eigenvalue weighted by Gasteiger charge is -2.02. The number of halogens is 5. The summed E-state index contributed by atoms with van der Waals surface area (Å²) < 4.78 is 41.0. The van der Waals surface area contributed by atoms with Gasteiger partial charge in [0.05, 0.1) is 11.4 Å². The maximum Gasteiger partial charge on any atom is 0.450 e. The molecule has 1 aromatic rings. The summed E-state index contributed by atoms with van der Waals surface area (Å²) in [5.74, 6) is -1.82. The van der Waals surface area contributed by atoms with Crippen LogP contribution in [-0.4, -0.2) is 5.24 Å². The molecule has 0 N–H and O–H groups in total. The molecular weight excluding hydrogens is 244 g/mol. The van der Waals surface area contributed by atoms with E-state index in [1.165, 1.54) is 0 Å². The minimum Gasteiger partial charge on any atom is -0.454 e. The van der Waals surface area contributed by atoms with Gasteiger partial charge in [-0.3, -0.25) is 4.79 Å². The van der Waals surface area contributed by atoms with Gasteiger partial charge in [0.15, 0.2) is 0 Å². The number of rotatable bonds is 2. The van der Waals surface area contributed by atoms with E-state index in [0.717, 1.165) is 6.07 Å². The Balaban J connectivity index is 3.26. The highest BCUT2D eigenvalue weighted by Gasteiger charge is 2.39. The summed E-state index contributed by atoms with van der Waals surface area (Å²) in [6.07, 6.45) is -4.75. The molecule has 0 radical (unpaired) electrons. The lowest BCUT2D eigenvalue weighted by Crippen LogP contribution is -2.07. The monoisotopic (exact) mass is 246 g/mol. The van der Waals surface area contributed by atoms with Gasteiger partial charge in [0, 0.05) is 0 Å². The van der Waals surface area contributed by atoms with Gasteiger partial charge in [0.25, 0.3) is 5.24 Å². The fourth-order valence-corrected chi connectivity index (χ4v) is 1.14. The highest BCUT2D eigenvalue weighted by atomic mass is 35.5. The fourth-order valence-electron chi connectivity index (χ4n) is 0.864. The number of hydrogen-bond acceptors (Lipinski definition) is 2. The SMILES string of the molecule is O=C(Cl)c1cc(CCl)oc1C(F)(F)F. The average Bonchev–Trinajstić information content (AvgIpc) is 2.46. The van der Waals surface area contributed by atoms with Gasteiger partial charge in [-0.2, -0.15) is 13.2 Å². The van der Waals surface area contributed by atoms with Crippen molar-refractivity contribution in [3.63, 3.8) is 0 Å². The van der Waals surface area contributed by atoms with Gasteiger partial charge in [0.2, 0.25) is 5.76 Å². The molecule has 0 amide bonds. The summed E-state index contributed by atoms with van der Waals surface area (Å²) in [5, 5.41) is -1.22. The Bertz CT molecular complexity index is 356. The quantitative estimate of drug-likeness (QED) is 0.592. The molecule has 7 heteroatoms.